The number of carboxylic acid groups (broad SMARTS) is 2. The van der Waals surface area contributed by atoms with Crippen LogP contribution in [0.4, 0.5) is 0 Å². The maximum atomic E-state index is 9.55. The van der Waals surface area contributed by atoms with Crippen molar-refractivity contribution >= 4 is 11.9 Å². The van der Waals surface area contributed by atoms with E-state index in [1.54, 1.807) is 0 Å². The van der Waals surface area contributed by atoms with Gasteiger partial charge in [0.15, 0.2) is 0 Å². The second kappa shape index (κ2) is 9.64. The molecule has 0 aliphatic carbocycles. The second-order valence-corrected chi connectivity index (χ2v) is 1.80. The van der Waals surface area contributed by atoms with Crippen molar-refractivity contribution in [1.29, 1.82) is 0 Å². The molecule has 0 fully saturated rings. The van der Waals surface area contributed by atoms with Crippen molar-refractivity contribution in [1.82, 2.24) is 0 Å². The van der Waals surface area contributed by atoms with E-state index in [0.29, 0.717) is 12.2 Å². The zero-order valence-corrected chi connectivity index (χ0v) is 6.86. The van der Waals surface area contributed by atoms with Crippen molar-refractivity contribution in [3.05, 3.63) is 12.2 Å². The van der Waals surface area contributed by atoms with Gasteiger partial charge < -0.3 is 15.9 Å². The summed E-state index contributed by atoms with van der Waals surface area (Å²) < 4.78 is 0. The van der Waals surface area contributed by atoms with Gasteiger partial charge in [0, 0.05) is 12.2 Å². The highest BCUT2D eigenvalue weighted by molar-refractivity contribution is 5.89. The Morgan fingerprint density at radius 3 is 1.58 bits per heavy atom. The second-order valence-electron chi connectivity index (χ2n) is 1.80. The first-order chi connectivity index (χ1) is 5.54. The maximum absolute atomic E-state index is 9.55. The fourth-order valence-electron chi connectivity index (χ4n) is 0.143. The molecule has 0 spiro atoms. The Hall–Kier alpha value is -1.36. The van der Waals surface area contributed by atoms with E-state index in [2.05, 4.69) is 6.92 Å². The molecule has 0 saturated heterocycles. The molecular weight excluding hydrogens is 162 g/mol. The van der Waals surface area contributed by atoms with Gasteiger partial charge in [-0.25, -0.2) is 9.59 Å². The van der Waals surface area contributed by atoms with E-state index < -0.39 is 11.9 Å². The molecule has 12 heavy (non-hydrogen) atoms. The molecule has 0 aromatic carbocycles. The Morgan fingerprint density at radius 1 is 1.25 bits per heavy atom. The molecule has 0 amide bonds. The monoisotopic (exact) mass is 175 g/mol. The summed E-state index contributed by atoms with van der Waals surface area (Å²) in [5.41, 5.74) is 5.03. The van der Waals surface area contributed by atoms with Gasteiger partial charge in [-0.2, -0.15) is 0 Å². The molecule has 0 aliphatic heterocycles. The number of nitrogens with two attached hydrogens (primary N) is 1. The number of hydrogen-bond acceptors (Lipinski definition) is 3. The molecule has 0 aromatic rings. The van der Waals surface area contributed by atoms with Crippen molar-refractivity contribution in [2.75, 3.05) is 6.54 Å². The number of carbonyl (C=O) groups is 2. The van der Waals surface area contributed by atoms with Gasteiger partial charge in [-0.05, 0) is 13.0 Å². The Bertz CT molecular complexity index is 147. The third-order valence-corrected chi connectivity index (χ3v) is 0.657. The van der Waals surface area contributed by atoms with Gasteiger partial charge in [0.25, 0.3) is 0 Å². The van der Waals surface area contributed by atoms with Gasteiger partial charge in [-0.15, -0.1) is 0 Å². The van der Waals surface area contributed by atoms with E-state index in [-0.39, 0.29) is 0 Å². The van der Waals surface area contributed by atoms with Crippen LogP contribution in [-0.2, 0) is 9.59 Å². The predicted molar refractivity (Wildman–Crippen MR) is 43.8 cm³/mol. The number of rotatable bonds is 3. The lowest BCUT2D eigenvalue weighted by molar-refractivity contribution is -0.134. The normalized spacial score (nSPS) is 8.83. The van der Waals surface area contributed by atoms with Crippen LogP contribution in [0.1, 0.15) is 13.3 Å². The molecule has 0 aromatic heterocycles. The van der Waals surface area contributed by atoms with E-state index in [0.717, 1.165) is 13.0 Å². The minimum absolute atomic E-state index is 0.558. The van der Waals surface area contributed by atoms with Gasteiger partial charge >= 0.3 is 11.9 Å². The summed E-state index contributed by atoms with van der Waals surface area (Å²) in [6.45, 7) is 2.88. The molecule has 5 nitrogen and oxygen atoms in total. The molecule has 0 unspecified atom stereocenters. The molecule has 0 bridgehead atoms. The first-order valence-corrected chi connectivity index (χ1v) is 3.38. The summed E-state index contributed by atoms with van der Waals surface area (Å²) in [6, 6.07) is 0. The third-order valence-electron chi connectivity index (χ3n) is 0.657. The molecule has 0 atom stereocenters. The zero-order chi connectivity index (χ0) is 9.98. The lowest BCUT2D eigenvalue weighted by Gasteiger charge is -1.74. The van der Waals surface area contributed by atoms with Gasteiger partial charge in [-0.3, -0.25) is 0 Å². The molecule has 0 rings (SSSR count). The molecule has 0 radical (unpaired) electrons. The largest absolute Gasteiger partial charge is 0.478 e. The summed E-state index contributed by atoms with van der Waals surface area (Å²) in [5.74, 6) is -2.51. The van der Waals surface area contributed by atoms with Crippen LogP contribution in [0.15, 0.2) is 12.2 Å². The van der Waals surface area contributed by atoms with Crippen molar-refractivity contribution in [2.45, 2.75) is 13.3 Å². The Balaban J connectivity index is 0. The zero-order valence-electron chi connectivity index (χ0n) is 6.86. The Labute approximate surface area is 70.5 Å². The Kier molecular flexibility index (Phi) is 10.6. The van der Waals surface area contributed by atoms with Crippen LogP contribution in [0.5, 0.6) is 0 Å². The quantitative estimate of drug-likeness (QED) is 0.527. The summed E-state index contributed by atoms with van der Waals surface area (Å²) >= 11 is 0. The highest BCUT2D eigenvalue weighted by Crippen LogP contribution is 1.70. The highest BCUT2D eigenvalue weighted by Gasteiger charge is 1.88. The fraction of sp³-hybridized carbons (Fsp3) is 0.429. The van der Waals surface area contributed by atoms with Gasteiger partial charge in [0.1, 0.15) is 0 Å². The van der Waals surface area contributed by atoms with E-state index in [1.165, 1.54) is 0 Å². The standard InChI is InChI=1S/C4H4O4.C3H9N/c5-3(6)1-2-4(7)8;1-2-3-4/h1-2H,(H,5,6)(H,7,8);2-4H2,1H3. The van der Waals surface area contributed by atoms with E-state index >= 15 is 0 Å². The first-order valence-electron chi connectivity index (χ1n) is 3.38. The number of carboxylic acids is 2. The van der Waals surface area contributed by atoms with Gasteiger partial charge in [0.2, 0.25) is 0 Å². The summed E-state index contributed by atoms with van der Waals surface area (Å²) in [6.07, 6.45) is 2.21. The summed E-state index contributed by atoms with van der Waals surface area (Å²) in [4.78, 5) is 19.1. The predicted octanol–water partition coefficient (Wildman–Crippen LogP) is 0.0669. The molecular formula is C7H13NO4. The third kappa shape index (κ3) is 23.4. The first kappa shape index (κ1) is 13.2. The van der Waals surface area contributed by atoms with Crippen molar-refractivity contribution < 1.29 is 19.8 Å². The lowest BCUT2D eigenvalue weighted by atomic mass is 10.5. The minimum Gasteiger partial charge on any atom is -0.478 e. The molecule has 70 valence electrons. The van der Waals surface area contributed by atoms with Crippen LogP contribution in [0.3, 0.4) is 0 Å². The average Bonchev–Trinajstić information content (AvgIpc) is 2.01. The fourth-order valence-corrected chi connectivity index (χ4v) is 0.143. The molecule has 4 N–H and O–H groups in total. The topological polar surface area (TPSA) is 101 Å². The van der Waals surface area contributed by atoms with Gasteiger partial charge in [0.05, 0.1) is 0 Å². The van der Waals surface area contributed by atoms with Crippen LogP contribution in [0, 0.1) is 0 Å². The molecule has 0 saturated carbocycles. The van der Waals surface area contributed by atoms with Crippen LogP contribution in [-0.4, -0.2) is 28.7 Å². The number of aliphatic carboxylic acids is 2. The van der Waals surface area contributed by atoms with E-state index in [4.69, 9.17) is 15.9 Å². The van der Waals surface area contributed by atoms with Crippen LogP contribution in [0.2, 0.25) is 0 Å². The highest BCUT2D eigenvalue weighted by atomic mass is 16.4. The smallest absolute Gasteiger partial charge is 0.328 e. The minimum atomic E-state index is -1.26. The molecule has 5 heteroatoms. The maximum Gasteiger partial charge on any atom is 0.328 e. The number of hydrogen-bond donors (Lipinski definition) is 3. The van der Waals surface area contributed by atoms with Gasteiger partial charge in [-0.1, -0.05) is 6.92 Å². The molecule has 0 heterocycles. The SMILES string of the molecule is CCCN.O=C(O)C=CC(=O)O. The van der Waals surface area contributed by atoms with Crippen LogP contribution in [0.25, 0.3) is 0 Å². The van der Waals surface area contributed by atoms with Crippen molar-refractivity contribution in [2.24, 2.45) is 5.73 Å². The summed E-state index contributed by atoms with van der Waals surface area (Å²) in [7, 11) is 0. The average molecular weight is 175 g/mol. The van der Waals surface area contributed by atoms with E-state index in [9.17, 15) is 9.59 Å². The van der Waals surface area contributed by atoms with Crippen molar-refractivity contribution in [3.8, 4) is 0 Å². The van der Waals surface area contributed by atoms with E-state index in [1.807, 2.05) is 0 Å². The van der Waals surface area contributed by atoms with Crippen molar-refractivity contribution in [3.63, 3.8) is 0 Å². The lowest BCUT2D eigenvalue weighted by Crippen LogP contribution is -1.93. The van der Waals surface area contributed by atoms with Crippen LogP contribution >= 0.6 is 0 Å². The Morgan fingerprint density at radius 2 is 1.50 bits per heavy atom. The summed E-state index contributed by atoms with van der Waals surface area (Å²) in [5, 5.41) is 15.6. The molecule has 0 aliphatic rings. The van der Waals surface area contributed by atoms with Crippen LogP contribution < -0.4 is 5.73 Å².